The lowest BCUT2D eigenvalue weighted by Gasteiger charge is -2.51. The van der Waals surface area contributed by atoms with E-state index in [0.717, 1.165) is 58.7 Å². The molecule has 6 rings (SSSR count). The molecule has 0 aromatic carbocycles. The lowest BCUT2D eigenvalue weighted by molar-refractivity contribution is -0.00603. The molecule has 4 atom stereocenters. The van der Waals surface area contributed by atoms with Crippen LogP contribution in [-0.4, -0.2) is 57.1 Å². The van der Waals surface area contributed by atoms with Gasteiger partial charge in [0, 0.05) is 50.5 Å². The highest BCUT2D eigenvalue weighted by Gasteiger charge is 2.48. The van der Waals surface area contributed by atoms with Crippen molar-refractivity contribution >= 4 is 5.82 Å². The number of fused-ring (bicyclic) bond motifs is 3. The lowest BCUT2D eigenvalue weighted by atomic mass is 9.56. The van der Waals surface area contributed by atoms with E-state index in [4.69, 9.17) is 5.10 Å². The fourth-order valence-electron chi connectivity index (χ4n) is 8.79. The summed E-state index contributed by atoms with van der Waals surface area (Å²) in [5.41, 5.74) is 4.79. The fraction of sp³-hybridized carbons (Fsp3) is 0.750. The minimum absolute atomic E-state index is 0.574. The molecule has 34 heavy (non-hydrogen) atoms. The van der Waals surface area contributed by atoms with Crippen LogP contribution in [0.2, 0.25) is 0 Å². The van der Waals surface area contributed by atoms with Gasteiger partial charge in [-0.25, -0.2) is 0 Å². The van der Waals surface area contributed by atoms with Crippen LogP contribution >= 0.6 is 0 Å². The summed E-state index contributed by atoms with van der Waals surface area (Å²) in [6.07, 6.45) is 8.61. The maximum atomic E-state index is 4.72. The Balaban J connectivity index is 1.16. The first kappa shape index (κ1) is 22.5. The van der Waals surface area contributed by atoms with Gasteiger partial charge in [0.05, 0.1) is 11.4 Å². The highest BCUT2D eigenvalue weighted by molar-refractivity contribution is 5.65. The summed E-state index contributed by atoms with van der Waals surface area (Å²) in [5, 5.41) is 13.9. The standard InChI is InChI=1S/C28H42N6/c1-18-10-22-11-19(2)13-28(12-18,14-22)17-33-15-23-8-9-34(25(23)16-33)26-7-6-24(29-30-26)27-20(3)31-32(5)21(27)4/h6-7,18-19,22-23,25H,8-17H2,1-5H3. The van der Waals surface area contributed by atoms with Gasteiger partial charge in [-0.1, -0.05) is 13.8 Å². The number of anilines is 1. The Bertz CT molecular complexity index is 1020. The SMILES string of the molecule is Cc1nn(C)c(C)c1-c1ccc(N2CCC3CN(CC45CC(C)CC(CC(C)C4)C5)CC32)nn1. The van der Waals surface area contributed by atoms with Crippen LogP contribution < -0.4 is 4.90 Å². The summed E-state index contributed by atoms with van der Waals surface area (Å²) >= 11 is 0. The van der Waals surface area contributed by atoms with Crippen molar-refractivity contribution in [2.45, 2.75) is 72.3 Å². The van der Waals surface area contributed by atoms with Crippen LogP contribution in [0.5, 0.6) is 0 Å². The summed E-state index contributed by atoms with van der Waals surface area (Å²) in [4.78, 5) is 5.39. The van der Waals surface area contributed by atoms with Crippen LogP contribution in [0.25, 0.3) is 11.3 Å². The van der Waals surface area contributed by atoms with Crippen LogP contribution in [0.15, 0.2) is 12.1 Å². The molecular weight excluding hydrogens is 420 g/mol. The first-order valence-electron chi connectivity index (χ1n) is 13.6. The molecule has 2 aromatic rings. The normalized spacial score (nSPS) is 35.7. The van der Waals surface area contributed by atoms with E-state index >= 15 is 0 Å². The van der Waals surface area contributed by atoms with E-state index in [0.29, 0.717) is 11.5 Å². The van der Waals surface area contributed by atoms with Crippen LogP contribution in [-0.2, 0) is 7.05 Å². The molecule has 2 aromatic heterocycles. The molecule has 4 fully saturated rings. The molecule has 6 nitrogen and oxygen atoms in total. The second-order valence-electron chi connectivity index (χ2n) is 12.6. The molecule has 6 heteroatoms. The first-order valence-corrected chi connectivity index (χ1v) is 13.6. The highest BCUT2D eigenvalue weighted by atomic mass is 15.3. The van der Waals surface area contributed by atoms with Gasteiger partial charge in [-0.3, -0.25) is 4.68 Å². The molecule has 4 aliphatic rings. The second-order valence-corrected chi connectivity index (χ2v) is 12.6. The summed E-state index contributed by atoms with van der Waals surface area (Å²) in [5.74, 6) is 4.62. The molecule has 4 unspecified atom stereocenters. The smallest absolute Gasteiger partial charge is 0.151 e. The van der Waals surface area contributed by atoms with Crippen molar-refractivity contribution in [1.29, 1.82) is 0 Å². The highest BCUT2D eigenvalue weighted by Crippen LogP contribution is 2.53. The van der Waals surface area contributed by atoms with Crippen molar-refractivity contribution in [3.63, 3.8) is 0 Å². The number of aromatic nitrogens is 4. The molecule has 184 valence electrons. The topological polar surface area (TPSA) is 50.1 Å². The van der Waals surface area contributed by atoms with Gasteiger partial charge in [-0.15, -0.1) is 10.2 Å². The van der Waals surface area contributed by atoms with E-state index in [1.165, 1.54) is 58.2 Å². The summed E-state index contributed by atoms with van der Waals surface area (Å²) in [6.45, 7) is 14.1. The summed E-state index contributed by atoms with van der Waals surface area (Å²) in [6, 6.07) is 4.93. The van der Waals surface area contributed by atoms with Crippen LogP contribution in [0.1, 0.15) is 63.8 Å². The van der Waals surface area contributed by atoms with E-state index in [9.17, 15) is 0 Å². The molecule has 2 aliphatic carbocycles. The van der Waals surface area contributed by atoms with E-state index < -0.39 is 0 Å². The van der Waals surface area contributed by atoms with Gasteiger partial charge in [-0.2, -0.15) is 5.10 Å². The third-order valence-electron chi connectivity index (χ3n) is 9.65. The second kappa shape index (κ2) is 8.32. The molecule has 0 amide bonds. The maximum absolute atomic E-state index is 4.72. The van der Waals surface area contributed by atoms with Gasteiger partial charge in [0.2, 0.25) is 0 Å². The molecule has 0 N–H and O–H groups in total. The third kappa shape index (κ3) is 3.86. The predicted molar refractivity (Wildman–Crippen MR) is 137 cm³/mol. The van der Waals surface area contributed by atoms with Gasteiger partial charge >= 0.3 is 0 Å². The Morgan fingerprint density at radius 1 is 1.00 bits per heavy atom. The van der Waals surface area contributed by atoms with E-state index in [-0.39, 0.29) is 0 Å². The number of nitrogens with zero attached hydrogens (tertiary/aromatic N) is 6. The number of hydrogen-bond donors (Lipinski definition) is 0. The average Bonchev–Trinajstić information content (AvgIpc) is 3.39. The minimum Gasteiger partial charge on any atom is -0.351 e. The molecular formula is C28H42N6. The Labute approximate surface area is 205 Å². The molecule has 2 aliphatic heterocycles. The van der Waals surface area contributed by atoms with Crippen molar-refractivity contribution in [1.82, 2.24) is 24.9 Å². The molecule has 0 spiro atoms. The number of likely N-dealkylation sites (tertiary alicyclic amines) is 1. The Kier molecular flexibility index (Phi) is 5.51. The molecule has 2 saturated heterocycles. The predicted octanol–water partition coefficient (Wildman–Crippen LogP) is 4.86. The molecule has 2 bridgehead atoms. The monoisotopic (exact) mass is 462 g/mol. The van der Waals surface area contributed by atoms with E-state index in [1.807, 2.05) is 11.7 Å². The molecule has 2 saturated carbocycles. The van der Waals surface area contributed by atoms with Gasteiger partial charge < -0.3 is 9.80 Å². The Morgan fingerprint density at radius 3 is 2.41 bits per heavy atom. The van der Waals surface area contributed by atoms with Gasteiger partial charge in [0.25, 0.3) is 0 Å². The number of rotatable bonds is 4. The van der Waals surface area contributed by atoms with E-state index in [2.05, 4.69) is 59.8 Å². The Morgan fingerprint density at radius 2 is 1.76 bits per heavy atom. The minimum atomic E-state index is 0.574. The van der Waals surface area contributed by atoms with Crippen LogP contribution in [0, 0.1) is 42.9 Å². The first-order chi connectivity index (χ1) is 16.3. The number of hydrogen-bond acceptors (Lipinski definition) is 5. The summed E-state index contributed by atoms with van der Waals surface area (Å²) in [7, 11) is 1.99. The number of aryl methyl sites for hydroxylation is 2. The summed E-state index contributed by atoms with van der Waals surface area (Å²) < 4.78 is 1.93. The van der Waals surface area contributed by atoms with E-state index in [1.54, 1.807) is 0 Å². The van der Waals surface area contributed by atoms with Gasteiger partial charge in [-0.05, 0) is 93.6 Å². The largest absolute Gasteiger partial charge is 0.351 e. The van der Waals surface area contributed by atoms with Gasteiger partial charge in [0.1, 0.15) is 0 Å². The third-order valence-corrected chi connectivity index (χ3v) is 9.65. The van der Waals surface area contributed by atoms with Crippen molar-refractivity contribution in [3.8, 4) is 11.3 Å². The van der Waals surface area contributed by atoms with Crippen LogP contribution in [0.3, 0.4) is 0 Å². The van der Waals surface area contributed by atoms with Crippen molar-refractivity contribution in [3.05, 3.63) is 23.5 Å². The Hall–Kier alpha value is -1.95. The van der Waals surface area contributed by atoms with Gasteiger partial charge in [0.15, 0.2) is 5.82 Å². The average molecular weight is 463 g/mol. The lowest BCUT2D eigenvalue weighted by Crippen LogP contribution is -2.47. The maximum Gasteiger partial charge on any atom is 0.151 e. The zero-order chi connectivity index (χ0) is 23.6. The molecule has 4 heterocycles. The van der Waals surface area contributed by atoms with Crippen molar-refractivity contribution in [2.75, 3.05) is 31.1 Å². The zero-order valence-corrected chi connectivity index (χ0v) is 21.8. The molecule has 0 radical (unpaired) electrons. The van der Waals surface area contributed by atoms with Crippen LogP contribution in [0.4, 0.5) is 5.82 Å². The quantitative estimate of drug-likeness (QED) is 0.650. The fourth-order valence-corrected chi connectivity index (χ4v) is 8.79. The zero-order valence-electron chi connectivity index (χ0n) is 21.8. The van der Waals surface area contributed by atoms with Crippen molar-refractivity contribution < 1.29 is 0 Å². The van der Waals surface area contributed by atoms with Crippen molar-refractivity contribution in [2.24, 2.45) is 36.1 Å².